The largest absolute Gasteiger partial charge is 0.481 e. The van der Waals surface area contributed by atoms with Gasteiger partial charge in [-0.05, 0) is 25.2 Å². The molecule has 0 aliphatic heterocycles. The van der Waals surface area contributed by atoms with Gasteiger partial charge in [-0.2, -0.15) is 0 Å². The van der Waals surface area contributed by atoms with E-state index in [9.17, 15) is 9.59 Å². The smallest absolute Gasteiger partial charge is 0.315 e. The van der Waals surface area contributed by atoms with Crippen LogP contribution in [0.3, 0.4) is 0 Å². The highest BCUT2D eigenvalue weighted by Gasteiger charge is 2.30. The van der Waals surface area contributed by atoms with E-state index in [1.54, 1.807) is 7.11 Å². The topological polar surface area (TPSA) is 87.7 Å². The van der Waals surface area contributed by atoms with E-state index < -0.39 is 5.97 Å². The summed E-state index contributed by atoms with van der Waals surface area (Å²) in [6, 6.07) is -0.329. The SMILES string of the molecule is COCC(NC(=O)N[C@H]1CC[C@@H](C(=O)O)C1)C(C)C. The molecule has 1 saturated carbocycles. The molecule has 1 aliphatic rings. The molecule has 2 amide bonds. The van der Waals surface area contributed by atoms with E-state index >= 15 is 0 Å². The summed E-state index contributed by atoms with van der Waals surface area (Å²) in [5.74, 6) is -0.824. The summed E-state index contributed by atoms with van der Waals surface area (Å²) in [6.45, 7) is 4.49. The second kappa shape index (κ2) is 7.33. The lowest BCUT2D eigenvalue weighted by Gasteiger charge is -2.23. The van der Waals surface area contributed by atoms with Crippen molar-refractivity contribution < 1.29 is 19.4 Å². The van der Waals surface area contributed by atoms with Gasteiger partial charge in [0.1, 0.15) is 0 Å². The van der Waals surface area contributed by atoms with Gasteiger partial charge in [-0.25, -0.2) is 4.79 Å². The van der Waals surface area contributed by atoms with Crippen molar-refractivity contribution in [3.63, 3.8) is 0 Å². The average molecular weight is 272 g/mol. The molecule has 19 heavy (non-hydrogen) atoms. The molecule has 110 valence electrons. The molecule has 3 atom stereocenters. The predicted molar refractivity (Wildman–Crippen MR) is 70.9 cm³/mol. The maximum atomic E-state index is 11.8. The molecule has 1 aliphatic carbocycles. The number of rotatable bonds is 6. The van der Waals surface area contributed by atoms with Crippen molar-refractivity contribution in [3.8, 4) is 0 Å². The van der Waals surface area contributed by atoms with E-state index in [2.05, 4.69) is 10.6 Å². The van der Waals surface area contributed by atoms with E-state index in [4.69, 9.17) is 9.84 Å². The molecule has 1 fully saturated rings. The van der Waals surface area contributed by atoms with Gasteiger partial charge in [-0.3, -0.25) is 4.79 Å². The van der Waals surface area contributed by atoms with Crippen molar-refractivity contribution >= 4 is 12.0 Å². The Bertz CT molecular complexity index is 320. The molecular formula is C13H24N2O4. The van der Waals surface area contributed by atoms with E-state index in [-0.39, 0.29) is 30.0 Å². The summed E-state index contributed by atoms with van der Waals surface area (Å²) in [6.07, 6.45) is 1.87. The summed E-state index contributed by atoms with van der Waals surface area (Å²) in [5.41, 5.74) is 0. The van der Waals surface area contributed by atoms with E-state index in [0.717, 1.165) is 6.42 Å². The summed E-state index contributed by atoms with van der Waals surface area (Å²) in [4.78, 5) is 22.7. The van der Waals surface area contributed by atoms with Gasteiger partial charge >= 0.3 is 12.0 Å². The normalized spacial score (nSPS) is 24.2. The Morgan fingerprint density at radius 1 is 1.37 bits per heavy atom. The number of amides is 2. The Kier molecular flexibility index (Phi) is 6.08. The fourth-order valence-electron chi connectivity index (χ4n) is 2.31. The molecule has 0 spiro atoms. The number of hydrogen-bond acceptors (Lipinski definition) is 3. The van der Waals surface area contributed by atoms with Crippen LogP contribution in [0.5, 0.6) is 0 Å². The van der Waals surface area contributed by atoms with Crippen LogP contribution < -0.4 is 10.6 Å². The zero-order chi connectivity index (χ0) is 14.4. The molecule has 1 unspecified atom stereocenters. The van der Waals surface area contributed by atoms with Crippen molar-refractivity contribution in [2.75, 3.05) is 13.7 Å². The standard InChI is InChI=1S/C13H24N2O4/c1-8(2)11(7-19-3)15-13(18)14-10-5-4-9(6-10)12(16)17/h8-11H,4-7H2,1-3H3,(H,16,17)(H2,14,15,18)/t9-,10+,11?/m1/s1. The van der Waals surface area contributed by atoms with Crippen molar-refractivity contribution in [1.82, 2.24) is 10.6 Å². The molecule has 0 bridgehead atoms. The minimum atomic E-state index is -0.774. The molecule has 0 aromatic carbocycles. The lowest BCUT2D eigenvalue weighted by atomic mass is 10.1. The predicted octanol–water partition coefficient (Wildman–Crippen LogP) is 1.21. The molecule has 0 radical (unpaired) electrons. The Labute approximate surface area is 113 Å². The number of methoxy groups -OCH3 is 1. The quantitative estimate of drug-likeness (QED) is 0.678. The van der Waals surface area contributed by atoms with Crippen LogP contribution in [0.25, 0.3) is 0 Å². The zero-order valence-corrected chi connectivity index (χ0v) is 11.8. The Morgan fingerprint density at radius 2 is 2.05 bits per heavy atom. The van der Waals surface area contributed by atoms with Crippen LogP contribution in [0.2, 0.25) is 0 Å². The summed E-state index contributed by atoms with van der Waals surface area (Å²) in [5, 5.41) is 14.6. The number of carbonyl (C=O) groups is 2. The van der Waals surface area contributed by atoms with Gasteiger partial charge in [0.2, 0.25) is 0 Å². The van der Waals surface area contributed by atoms with Crippen LogP contribution in [0.1, 0.15) is 33.1 Å². The first-order chi connectivity index (χ1) is 8.93. The van der Waals surface area contributed by atoms with Crippen LogP contribution in [0.15, 0.2) is 0 Å². The van der Waals surface area contributed by atoms with Gasteiger partial charge in [0.25, 0.3) is 0 Å². The maximum absolute atomic E-state index is 11.8. The van der Waals surface area contributed by atoms with E-state index in [0.29, 0.717) is 19.4 Å². The summed E-state index contributed by atoms with van der Waals surface area (Å²) < 4.78 is 5.06. The van der Waals surface area contributed by atoms with Crippen molar-refractivity contribution in [2.24, 2.45) is 11.8 Å². The monoisotopic (exact) mass is 272 g/mol. The molecule has 0 saturated heterocycles. The van der Waals surface area contributed by atoms with Crippen LogP contribution in [0, 0.1) is 11.8 Å². The fraction of sp³-hybridized carbons (Fsp3) is 0.846. The molecule has 0 heterocycles. The molecule has 3 N–H and O–H groups in total. The summed E-state index contributed by atoms with van der Waals surface area (Å²) in [7, 11) is 1.60. The number of aliphatic carboxylic acids is 1. The van der Waals surface area contributed by atoms with Crippen LogP contribution in [-0.4, -0.2) is 42.9 Å². The van der Waals surface area contributed by atoms with Crippen LogP contribution >= 0.6 is 0 Å². The highest BCUT2D eigenvalue weighted by atomic mass is 16.5. The Balaban J connectivity index is 2.37. The van der Waals surface area contributed by atoms with Crippen molar-refractivity contribution in [2.45, 2.75) is 45.2 Å². The maximum Gasteiger partial charge on any atom is 0.315 e. The van der Waals surface area contributed by atoms with Gasteiger partial charge in [0.15, 0.2) is 0 Å². The number of carboxylic acid groups (broad SMARTS) is 1. The highest BCUT2D eigenvalue weighted by molar-refractivity contribution is 5.75. The zero-order valence-electron chi connectivity index (χ0n) is 11.8. The van der Waals surface area contributed by atoms with Gasteiger partial charge in [0, 0.05) is 13.2 Å². The van der Waals surface area contributed by atoms with Crippen molar-refractivity contribution in [1.29, 1.82) is 0 Å². The first kappa shape index (κ1) is 15.8. The highest BCUT2D eigenvalue weighted by Crippen LogP contribution is 2.25. The number of hydrogen-bond donors (Lipinski definition) is 3. The molecular weight excluding hydrogens is 248 g/mol. The minimum Gasteiger partial charge on any atom is -0.481 e. The molecule has 1 rings (SSSR count). The number of nitrogens with one attached hydrogen (secondary N) is 2. The average Bonchev–Trinajstić information content (AvgIpc) is 2.76. The van der Waals surface area contributed by atoms with Crippen LogP contribution in [0.4, 0.5) is 4.79 Å². The van der Waals surface area contributed by atoms with Crippen molar-refractivity contribution in [3.05, 3.63) is 0 Å². The number of urea groups is 1. The Morgan fingerprint density at radius 3 is 2.53 bits per heavy atom. The molecule has 0 aromatic rings. The van der Waals surface area contributed by atoms with Gasteiger partial charge in [0.05, 0.1) is 18.6 Å². The molecule has 6 heteroatoms. The van der Waals surface area contributed by atoms with Gasteiger partial charge in [-0.1, -0.05) is 13.8 Å². The number of carbonyl (C=O) groups excluding carboxylic acids is 1. The van der Waals surface area contributed by atoms with Crippen LogP contribution in [-0.2, 0) is 9.53 Å². The van der Waals surface area contributed by atoms with E-state index in [1.165, 1.54) is 0 Å². The Hall–Kier alpha value is -1.30. The third-order valence-electron chi connectivity index (χ3n) is 3.58. The number of ether oxygens (including phenoxy) is 1. The molecule has 6 nitrogen and oxygen atoms in total. The van der Waals surface area contributed by atoms with Gasteiger partial charge in [-0.15, -0.1) is 0 Å². The molecule has 0 aromatic heterocycles. The minimum absolute atomic E-state index is 0.0401. The third kappa shape index (κ3) is 5.06. The lowest BCUT2D eigenvalue weighted by molar-refractivity contribution is -0.141. The lowest BCUT2D eigenvalue weighted by Crippen LogP contribution is -2.49. The first-order valence-electron chi connectivity index (χ1n) is 6.72. The van der Waals surface area contributed by atoms with Gasteiger partial charge < -0.3 is 20.5 Å². The van der Waals surface area contributed by atoms with E-state index in [1.807, 2.05) is 13.8 Å². The fourth-order valence-corrected chi connectivity index (χ4v) is 2.31. The third-order valence-corrected chi connectivity index (χ3v) is 3.58. The summed E-state index contributed by atoms with van der Waals surface area (Å²) >= 11 is 0. The first-order valence-corrected chi connectivity index (χ1v) is 6.72. The second-order valence-electron chi connectivity index (χ2n) is 5.47. The second-order valence-corrected chi connectivity index (χ2v) is 5.47. The number of carboxylic acids is 1.